The molecule has 6 heteroatoms. The highest BCUT2D eigenvalue weighted by Gasteiger charge is 2.37. The van der Waals surface area contributed by atoms with Crippen LogP contribution in [0, 0.1) is 5.41 Å². The number of rotatable bonds is 7. The van der Waals surface area contributed by atoms with Crippen molar-refractivity contribution in [1.82, 2.24) is 5.16 Å². The lowest BCUT2D eigenvalue weighted by Crippen LogP contribution is -2.33. The van der Waals surface area contributed by atoms with Gasteiger partial charge in [-0.25, -0.2) is 0 Å². The van der Waals surface area contributed by atoms with Crippen molar-refractivity contribution in [1.29, 1.82) is 0 Å². The lowest BCUT2D eigenvalue weighted by molar-refractivity contribution is -0.117. The Morgan fingerprint density at radius 3 is 2.42 bits per heavy atom. The smallest absolute Gasteiger partial charge is 0.168 e. The van der Waals surface area contributed by atoms with E-state index in [-0.39, 0.29) is 35.1 Å². The molecule has 1 unspecified atom stereocenters. The molecule has 1 aromatic heterocycles. The van der Waals surface area contributed by atoms with Crippen LogP contribution in [0.5, 0.6) is 0 Å². The molecular formula is C32H34N2O4. The van der Waals surface area contributed by atoms with Crippen molar-refractivity contribution in [2.75, 3.05) is 6.54 Å². The van der Waals surface area contributed by atoms with Crippen LogP contribution in [0.15, 0.2) is 81.5 Å². The summed E-state index contributed by atoms with van der Waals surface area (Å²) in [6.07, 6.45) is 3.32. The summed E-state index contributed by atoms with van der Waals surface area (Å²) in [5.74, 6) is 0.635. The number of ketones is 2. The molecule has 0 radical (unpaired) electrons. The van der Waals surface area contributed by atoms with Crippen LogP contribution in [-0.2, 0) is 24.1 Å². The molecule has 5 rings (SSSR count). The third-order valence-electron chi connectivity index (χ3n) is 7.53. The number of fused-ring (bicyclic) bond motifs is 1. The van der Waals surface area contributed by atoms with Crippen LogP contribution in [0.25, 0.3) is 0 Å². The summed E-state index contributed by atoms with van der Waals surface area (Å²) in [6.45, 7) is 4.66. The summed E-state index contributed by atoms with van der Waals surface area (Å²) in [5.41, 5.74) is 4.19. The fourth-order valence-electron chi connectivity index (χ4n) is 5.65. The first kappa shape index (κ1) is 25.8. The number of aliphatic hydroxyl groups excluding tert-OH is 1. The minimum atomic E-state index is -0.209. The number of aliphatic imine (C=N–C) groups is 1. The van der Waals surface area contributed by atoms with E-state index in [4.69, 9.17) is 9.52 Å². The molecule has 0 spiro atoms. The minimum absolute atomic E-state index is 0.0159. The van der Waals surface area contributed by atoms with Crippen LogP contribution in [0.4, 0.5) is 0 Å². The van der Waals surface area contributed by atoms with Gasteiger partial charge in [0.05, 0.1) is 16.8 Å². The normalized spacial score (nSPS) is 21.4. The molecule has 1 heterocycles. The predicted molar refractivity (Wildman–Crippen MR) is 147 cm³/mol. The maximum absolute atomic E-state index is 13.1. The lowest BCUT2D eigenvalue weighted by Gasteiger charge is -2.31. The molecule has 0 aliphatic heterocycles. The first-order valence-corrected chi connectivity index (χ1v) is 13.4. The summed E-state index contributed by atoms with van der Waals surface area (Å²) in [5, 5.41) is 15.3. The van der Waals surface area contributed by atoms with Crippen LogP contribution in [0.1, 0.15) is 78.4 Å². The van der Waals surface area contributed by atoms with Gasteiger partial charge >= 0.3 is 0 Å². The minimum Gasteiger partial charge on any atom is -0.511 e. The van der Waals surface area contributed by atoms with Crippen molar-refractivity contribution >= 4 is 17.3 Å². The molecule has 0 amide bonds. The molecule has 2 aliphatic carbocycles. The average molecular weight is 511 g/mol. The van der Waals surface area contributed by atoms with E-state index in [1.807, 2.05) is 48.5 Å². The van der Waals surface area contributed by atoms with Crippen molar-refractivity contribution in [3.63, 3.8) is 0 Å². The second-order valence-corrected chi connectivity index (χ2v) is 11.2. The van der Waals surface area contributed by atoms with E-state index in [2.05, 4.69) is 31.1 Å². The van der Waals surface area contributed by atoms with E-state index in [1.165, 1.54) is 5.56 Å². The number of hydrogen-bond donors (Lipinski definition) is 1. The number of benzene rings is 2. The predicted octanol–water partition coefficient (Wildman–Crippen LogP) is 6.40. The SMILES string of the molecule is CC1(C)CC(=O)/C(=C(\O)CCc2noc3c2C(=O)CC(c2ccccc2)C3)C(=NCCc2ccccc2)C1. The Hall–Kier alpha value is -3.80. The van der Waals surface area contributed by atoms with E-state index >= 15 is 0 Å². The van der Waals surface area contributed by atoms with Crippen molar-refractivity contribution in [2.24, 2.45) is 10.4 Å². The van der Waals surface area contributed by atoms with Crippen LogP contribution in [0.3, 0.4) is 0 Å². The molecule has 3 aromatic rings. The van der Waals surface area contributed by atoms with Crippen LogP contribution >= 0.6 is 0 Å². The highest BCUT2D eigenvalue weighted by molar-refractivity contribution is 6.24. The summed E-state index contributed by atoms with van der Waals surface area (Å²) >= 11 is 0. The topological polar surface area (TPSA) is 92.8 Å². The van der Waals surface area contributed by atoms with Gasteiger partial charge in [0.25, 0.3) is 0 Å². The van der Waals surface area contributed by atoms with E-state index < -0.39 is 0 Å². The molecule has 0 bridgehead atoms. The van der Waals surface area contributed by atoms with Crippen molar-refractivity contribution in [3.8, 4) is 0 Å². The maximum atomic E-state index is 13.1. The van der Waals surface area contributed by atoms with Gasteiger partial charge in [0, 0.05) is 44.4 Å². The monoisotopic (exact) mass is 510 g/mol. The molecule has 196 valence electrons. The van der Waals surface area contributed by atoms with E-state index in [0.717, 1.165) is 12.0 Å². The van der Waals surface area contributed by atoms with E-state index in [9.17, 15) is 14.7 Å². The van der Waals surface area contributed by atoms with Gasteiger partial charge < -0.3 is 9.63 Å². The highest BCUT2D eigenvalue weighted by Crippen LogP contribution is 2.37. The zero-order chi connectivity index (χ0) is 26.7. The Morgan fingerprint density at radius 1 is 0.974 bits per heavy atom. The number of Topliss-reactive ketones (excluding diaryl/α,β-unsaturated/α-hetero) is 2. The number of nitrogens with zero attached hydrogens (tertiary/aromatic N) is 2. The van der Waals surface area contributed by atoms with Crippen LogP contribution < -0.4 is 0 Å². The third kappa shape index (κ3) is 5.69. The molecule has 1 saturated carbocycles. The van der Waals surface area contributed by atoms with Crippen LogP contribution in [-0.4, -0.2) is 34.1 Å². The largest absolute Gasteiger partial charge is 0.511 e. The molecule has 0 saturated heterocycles. The van der Waals surface area contributed by atoms with Crippen molar-refractivity contribution < 1.29 is 19.2 Å². The Balaban J connectivity index is 1.32. The number of carbonyl (C=O) groups is 2. The van der Waals surface area contributed by atoms with E-state index in [1.54, 1.807) is 0 Å². The lowest BCUT2D eigenvalue weighted by atomic mass is 9.73. The zero-order valence-corrected chi connectivity index (χ0v) is 22.1. The summed E-state index contributed by atoms with van der Waals surface area (Å²) in [4.78, 5) is 31.0. The Labute approximate surface area is 223 Å². The fraction of sp³-hybridized carbons (Fsp3) is 0.375. The molecule has 1 atom stereocenters. The number of carbonyl (C=O) groups excluding carboxylic acids is 2. The molecule has 1 fully saturated rings. The second kappa shape index (κ2) is 10.9. The van der Waals surface area contributed by atoms with Gasteiger partial charge in [-0.3, -0.25) is 14.6 Å². The van der Waals surface area contributed by atoms with Gasteiger partial charge in [0.1, 0.15) is 11.5 Å². The second-order valence-electron chi connectivity index (χ2n) is 11.2. The number of allylic oxidation sites excluding steroid dienone is 2. The summed E-state index contributed by atoms with van der Waals surface area (Å²) < 4.78 is 5.59. The third-order valence-corrected chi connectivity index (χ3v) is 7.53. The molecular weight excluding hydrogens is 476 g/mol. The van der Waals surface area contributed by atoms with Crippen LogP contribution in [0.2, 0.25) is 0 Å². The Bertz CT molecular complexity index is 1380. The van der Waals surface area contributed by atoms with Gasteiger partial charge in [-0.2, -0.15) is 0 Å². The average Bonchev–Trinajstić information content (AvgIpc) is 3.31. The zero-order valence-electron chi connectivity index (χ0n) is 22.1. The number of aliphatic hydroxyl groups is 1. The first-order chi connectivity index (χ1) is 18.3. The molecule has 6 nitrogen and oxygen atoms in total. The van der Waals surface area contributed by atoms with Crippen molar-refractivity contribution in [2.45, 2.75) is 64.7 Å². The first-order valence-electron chi connectivity index (χ1n) is 13.4. The van der Waals surface area contributed by atoms with Gasteiger partial charge in [-0.1, -0.05) is 79.7 Å². The fourth-order valence-corrected chi connectivity index (χ4v) is 5.65. The highest BCUT2D eigenvalue weighted by atomic mass is 16.5. The van der Waals surface area contributed by atoms with Gasteiger partial charge in [0.15, 0.2) is 11.6 Å². The van der Waals surface area contributed by atoms with Crippen molar-refractivity contribution in [3.05, 3.63) is 100 Å². The van der Waals surface area contributed by atoms with Gasteiger partial charge in [0.2, 0.25) is 0 Å². The standard InChI is InChI=1S/C32H34N2O4/c1-32(2)19-25(33-16-15-21-9-5-3-6-10-21)30(28(37)20-32)26(35)14-13-24-31-27(36)17-23(18-29(31)38-34-24)22-11-7-4-8-12-22/h3-12,23,35H,13-20H2,1-2H3/b30-26-,33-25?. The summed E-state index contributed by atoms with van der Waals surface area (Å²) in [7, 11) is 0. The molecule has 2 aromatic carbocycles. The summed E-state index contributed by atoms with van der Waals surface area (Å²) in [6, 6.07) is 20.1. The Morgan fingerprint density at radius 2 is 1.68 bits per heavy atom. The molecule has 2 aliphatic rings. The number of aryl methyl sites for hydroxylation is 1. The van der Waals surface area contributed by atoms with E-state index in [0.29, 0.717) is 67.0 Å². The molecule has 1 N–H and O–H groups in total. The quantitative estimate of drug-likeness (QED) is 0.293. The Kier molecular flexibility index (Phi) is 7.41. The van der Waals surface area contributed by atoms with Gasteiger partial charge in [-0.15, -0.1) is 0 Å². The van der Waals surface area contributed by atoms with Gasteiger partial charge in [-0.05, 0) is 35.3 Å². The number of aromatic nitrogens is 1. The number of hydrogen-bond acceptors (Lipinski definition) is 6. The molecule has 38 heavy (non-hydrogen) atoms. The maximum Gasteiger partial charge on any atom is 0.168 e.